The summed E-state index contributed by atoms with van der Waals surface area (Å²) in [5, 5.41) is 5.18. The Kier molecular flexibility index (Phi) is 9.60. The van der Waals surface area contributed by atoms with Crippen LogP contribution in [0.4, 0.5) is 0 Å². The molecule has 7 aromatic carbocycles. The summed E-state index contributed by atoms with van der Waals surface area (Å²) < 4.78 is 2.42. The topological polar surface area (TPSA) is 4.93 Å². The van der Waals surface area contributed by atoms with Gasteiger partial charge in [-0.15, -0.1) is 0 Å². The molecule has 0 aliphatic rings. The van der Waals surface area contributed by atoms with Crippen molar-refractivity contribution in [2.75, 3.05) is 0 Å². The lowest BCUT2D eigenvalue weighted by Gasteiger charge is -2.21. The molecule has 0 unspecified atom stereocenters. The summed E-state index contributed by atoms with van der Waals surface area (Å²) in [6.45, 7) is 15.1. The molecule has 8 rings (SSSR count). The van der Waals surface area contributed by atoms with E-state index >= 15 is 0 Å². The molecule has 0 radical (unpaired) electrons. The van der Waals surface area contributed by atoms with Crippen molar-refractivity contribution in [1.29, 1.82) is 0 Å². The van der Waals surface area contributed by atoms with Gasteiger partial charge in [-0.3, -0.25) is 0 Å². The SMILES string of the molecule is CC.Cc1cc2ccccc2cc1-c1c(C)ccc(C)c1-c1c(C)ccc2c1c1ccccc1n2-c1ccccc1.Cc1ccccc1. The molecule has 0 amide bonds. The van der Waals surface area contributed by atoms with Gasteiger partial charge < -0.3 is 4.57 Å². The fourth-order valence-corrected chi connectivity index (χ4v) is 6.98. The Hall–Kier alpha value is -5.40. The highest BCUT2D eigenvalue weighted by Gasteiger charge is 2.22. The van der Waals surface area contributed by atoms with Crippen LogP contribution in [0.1, 0.15) is 41.7 Å². The van der Waals surface area contributed by atoms with Gasteiger partial charge in [0.05, 0.1) is 11.0 Å². The van der Waals surface area contributed by atoms with Crippen molar-refractivity contribution in [2.24, 2.45) is 0 Å². The largest absolute Gasteiger partial charge is 0.309 e. The average Bonchev–Trinajstić information content (AvgIpc) is 3.45. The van der Waals surface area contributed by atoms with Crippen molar-refractivity contribution in [3.63, 3.8) is 0 Å². The van der Waals surface area contributed by atoms with E-state index in [9.17, 15) is 0 Å². The van der Waals surface area contributed by atoms with Crippen LogP contribution in [0.15, 0.2) is 146 Å². The average molecular weight is 624 g/mol. The predicted molar refractivity (Wildman–Crippen MR) is 211 cm³/mol. The van der Waals surface area contributed by atoms with Crippen molar-refractivity contribution >= 4 is 32.6 Å². The highest BCUT2D eigenvalue weighted by atomic mass is 15.0. The van der Waals surface area contributed by atoms with Crippen molar-refractivity contribution in [3.05, 3.63) is 173 Å². The van der Waals surface area contributed by atoms with Crippen molar-refractivity contribution in [2.45, 2.75) is 48.5 Å². The zero-order chi connectivity index (χ0) is 33.8. The van der Waals surface area contributed by atoms with Gasteiger partial charge in [0, 0.05) is 16.5 Å². The monoisotopic (exact) mass is 623 g/mol. The number of aromatic nitrogens is 1. The van der Waals surface area contributed by atoms with E-state index in [2.05, 4.69) is 167 Å². The zero-order valence-electron chi connectivity index (χ0n) is 29.3. The summed E-state index contributed by atoms with van der Waals surface area (Å²) in [5.41, 5.74) is 15.5. The molecule has 1 aromatic heterocycles. The number of hydrogen-bond donors (Lipinski definition) is 0. The fraction of sp³-hybridized carbons (Fsp3) is 0.149. The maximum absolute atomic E-state index is 2.42. The number of nitrogens with zero attached hydrogens (tertiary/aromatic N) is 1. The van der Waals surface area contributed by atoms with Gasteiger partial charge in [0.1, 0.15) is 0 Å². The normalized spacial score (nSPS) is 10.8. The Morgan fingerprint density at radius 3 is 1.56 bits per heavy atom. The highest BCUT2D eigenvalue weighted by Crippen LogP contribution is 2.46. The highest BCUT2D eigenvalue weighted by molar-refractivity contribution is 6.18. The lowest BCUT2D eigenvalue weighted by atomic mass is 9.82. The van der Waals surface area contributed by atoms with Crippen LogP contribution in [0.2, 0.25) is 0 Å². The first-order valence-electron chi connectivity index (χ1n) is 17.1. The van der Waals surface area contributed by atoms with E-state index in [1.165, 1.54) is 88.3 Å². The van der Waals surface area contributed by atoms with Crippen LogP contribution >= 0.6 is 0 Å². The van der Waals surface area contributed by atoms with Crippen LogP contribution in [-0.4, -0.2) is 4.57 Å². The minimum absolute atomic E-state index is 1.19. The minimum Gasteiger partial charge on any atom is -0.309 e. The Morgan fingerprint density at radius 1 is 0.396 bits per heavy atom. The first-order chi connectivity index (χ1) is 23.4. The van der Waals surface area contributed by atoms with E-state index in [1.54, 1.807) is 0 Å². The third kappa shape index (κ3) is 6.05. The standard InChI is InChI=1S/C38H31N.C7H8.C2H6/c1-24-18-19-25(2)36(35(24)32-23-29-13-9-8-12-28(29)22-27(32)4)37-26(3)20-21-34-38(37)31-16-10-11-17-33(31)39(34)30-14-6-5-7-15-30;1-7-5-3-2-4-6-7;1-2/h5-23H,1-4H3;2-6H,1H3;1-2H3. The second kappa shape index (κ2) is 14.2. The van der Waals surface area contributed by atoms with E-state index in [0.29, 0.717) is 0 Å². The third-order valence-corrected chi connectivity index (χ3v) is 9.24. The predicted octanol–water partition coefficient (Wildman–Crippen LogP) is 13.5. The quantitative estimate of drug-likeness (QED) is 0.184. The molecule has 0 aliphatic heterocycles. The molecule has 238 valence electrons. The summed E-state index contributed by atoms with van der Waals surface area (Å²) in [7, 11) is 0. The number of hydrogen-bond acceptors (Lipinski definition) is 0. The molecule has 1 nitrogen and oxygen atoms in total. The van der Waals surface area contributed by atoms with Crippen LogP contribution in [0.25, 0.3) is 60.5 Å². The number of benzene rings is 7. The van der Waals surface area contributed by atoms with E-state index in [-0.39, 0.29) is 0 Å². The van der Waals surface area contributed by atoms with Gasteiger partial charge in [-0.05, 0) is 120 Å². The van der Waals surface area contributed by atoms with Crippen molar-refractivity contribution in [1.82, 2.24) is 4.57 Å². The van der Waals surface area contributed by atoms with Crippen LogP contribution in [-0.2, 0) is 0 Å². The van der Waals surface area contributed by atoms with Gasteiger partial charge in [0.15, 0.2) is 0 Å². The Labute approximate surface area is 286 Å². The molecule has 1 heterocycles. The minimum atomic E-state index is 1.19. The Morgan fingerprint density at radius 2 is 0.917 bits per heavy atom. The summed E-state index contributed by atoms with van der Waals surface area (Å²) >= 11 is 0. The van der Waals surface area contributed by atoms with Crippen LogP contribution < -0.4 is 0 Å². The second-order valence-electron chi connectivity index (χ2n) is 12.5. The van der Waals surface area contributed by atoms with Crippen LogP contribution in [0, 0.1) is 34.6 Å². The Bertz CT molecular complexity index is 2340. The first kappa shape index (κ1) is 32.5. The summed E-state index contributed by atoms with van der Waals surface area (Å²) in [6, 6.07) is 52.4. The van der Waals surface area contributed by atoms with Crippen molar-refractivity contribution < 1.29 is 0 Å². The molecule has 0 spiro atoms. The van der Waals surface area contributed by atoms with Gasteiger partial charge in [0.25, 0.3) is 0 Å². The number of aryl methyl sites for hydroxylation is 5. The Balaban J connectivity index is 0.000000393. The number of rotatable bonds is 3. The smallest absolute Gasteiger partial charge is 0.0547 e. The lowest BCUT2D eigenvalue weighted by molar-refractivity contribution is 1.18. The molecule has 1 heteroatoms. The second-order valence-corrected chi connectivity index (χ2v) is 12.5. The van der Waals surface area contributed by atoms with Crippen LogP contribution in [0.3, 0.4) is 0 Å². The molecule has 0 N–H and O–H groups in total. The molecule has 0 bridgehead atoms. The van der Waals surface area contributed by atoms with Gasteiger partial charge in [-0.2, -0.15) is 0 Å². The lowest BCUT2D eigenvalue weighted by Crippen LogP contribution is -1.98. The molecule has 0 aliphatic carbocycles. The summed E-state index contributed by atoms with van der Waals surface area (Å²) in [5.74, 6) is 0. The summed E-state index contributed by atoms with van der Waals surface area (Å²) in [6.07, 6.45) is 0. The maximum atomic E-state index is 2.42. The molecular weight excluding hydrogens is 579 g/mol. The molecular formula is C47H45N. The number of fused-ring (bicyclic) bond motifs is 4. The molecule has 0 fully saturated rings. The molecule has 8 aromatic rings. The molecule has 0 saturated heterocycles. The van der Waals surface area contributed by atoms with E-state index < -0.39 is 0 Å². The third-order valence-electron chi connectivity index (χ3n) is 9.24. The van der Waals surface area contributed by atoms with E-state index in [0.717, 1.165) is 0 Å². The molecule has 0 atom stereocenters. The molecule has 48 heavy (non-hydrogen) atoms. The van der Waals surface area contributed by atoms with Crippen molar-refractivity contribution in [3.8, 4) is 27.9 Å². The van der Waals surface area contributed by atoms with Gasteiger partial charge in [-0.25, -0.2) is 0 Å². The van der Waals surface area contributed by atoms with Gasteiger partial charge in [0.2, 0.25) is 0 Å². The fourth-order valence-electron chi connectivity index (χ4n) is 6.98. The summed E-state index contributed by atoms with van der Waals surface area (Å²) in [4.78, 5) is 0. The zero-order valence-corrected chi connectivity index (χ0v) is 29.3. The number of para-hydroxylation sites is 2. The maximum Gasteiger partial charge on any atom is 0.0547 e. The van der Waals surface area contributed by atoms with Crippen LogP contribution in [0.5, 0.6) is 0 Å². The first-order valence-corrected chi connectivity index (χ1v) is 17.1. The van der Waals surface area contributed by atoms with E-state index in [4.69, 9.17) is 0 Å². The van der Waals surface area contributed by atoms with E-state index in [1.807, 2.05) is 32.0 Å². The van der Waals surface area contributed by atoms with Gasteiger partial charge >= 0.3 is 0 Å². The molecule has 0 saturated carbocycles. The van der Waals surface area contributed by atoms with Gasteiger partial charge in [-0.1, -0.05) is 135 Å².